The average Bonchev–Trinajstić information content (AvgIpc) is 3.25. The van der Waals surface area contributed by atoms with E-state index >= 15 is 0 Å². The van der Waals surface area contributed by atoms with Crippen molar-refractivity contribution in [3.05, 3.63) is 36.1 Å². The van der Waals surface area contributed by atoms with Crippen molar-refractivity contribution in [1.29, 1.82) is 0 Å². The van der Waals surface area contributed by atoms with Gasteiger partial charge < -0.3 is 24.8 Å². The molecule has 0 amide bonds. The van der Waals surface area contributed by atoms with Crippen LogP contribution in [0.5, 0.6) is 0 Å². The van der Waals surface area contributed by atoms with Gasteiger partial charge in [-0.05, 0) is 35.5 Å². The van der Waals surface area contributed by atoms with Crippen molar-refractivity contribution in [1.82, 2.24) is 0 Å². The molecule has 35 heavy (non-hydrogen) atoms. The number of allylic oxidation sites excluding steroid dienone is 4. The molecule has 0 spiro atoms. The Labute approximate surface area is 246 Å². The van der Waals surface area contributed by atoms with E-state index in [1.807, 2.05) is 0 Å². The predicted molar refractivity (Wildman–Crippen MR) is 143 cm³/mol. The number of hydrogen-bond donors (Lipinski definition) is 0. The van der Waals surface area contributed by atoms with Crippen LogP contribution in [0.25, 0.3) is 0 Å². The molecule has 0 aromatic carbocycles. The third-order valence-electron chi connectivity index (χ3n) is 9.13. The van der Waals surface area contributed by atoms with Crippen LogP contribution in [0.15, 0.2) is 23.3 Å². The van der Waals surface area contributed by atoms with Gasteiger partial charge in [0.2, 0.25) is 0 Å². The van der Waals surface area contributed by atoms with Gasteiger partial charge in [-0.3, -0.25) is 0 Å². The van der Waals surface area contributed by atoms with E-state index in [4.69, 9.17) is 0 Å². The summed E-state index contributed by atoms with van der Waals surface area (Å²) in [4.78, 5) is 0. The normalized spacial score (nSPS) is 32.3. The van der Waals surface area contributed by atoms with E-state index in [-0.39, 0.29) is 24.8 Å². The van der Waals surface area contributed by atoms with Gasteiger partial charge in [-0.2, -0.15) is 0 Å². The molecule has 3 saturated carbocycles. The van der Waals surface area contributed by atoms with Crippen LogP contribution >= 0.6 is 0 Å². The second kappa shape index (κ2) is 15.2. The summed E-state index contributed by atoms with van der Waals surface area (Å²) < 4.78 is 1.80. The monoisotopic (exact) mass is 596 g/mol. The Morgan fingerprint density at radius 1 is 0.686 bits per heavy atom. The zero-order valence-electron chi connectivity index (χ0n) is 23.6. The molecule has 0 nitrogen and oxygen atoms in total. The Hall–Kier alpha value is 0.553. The molecule has 0 N–H and O–H groups in total. The van der Waals surface area contributed by atoms with Gasteiger partial charge in [-0.25, -0.2) is 36.1 Å². The molecule has 0 heterocycles. The quantitative estimate of drug-likeness (QED) is 0.374. The summed E-state index contributed by atoms with van der Waals surface area (Å²) in [7, 11) is 0. The Kier molecular flexibility index (Phi) is 14.6. The van der Waals surface area contributed by atoms with E-state index in [2.05, 4.69) is 66.5 Å². The van der Waals surface area contributed by atoms with Crippen LogP contribution in [0, 0.1) is 47.3 Å². The van der Waals surface area contributed by atoms with Crippen LogP contribution in [0.3, 0.4) is 0 Å². The molecule has 0 aromatic rings. The average molecular weight is 599 g/mol. The summed E-state index contributed by atoms with van der Waals surface area (Å²) in [5.74, 6) is 3.33. The van der Waals surface area contributed by atoms with E-state index in [1.54, 1.807) is 38.6 Å². The summed E-state index contributed by atoms with van der Waals surface area (Å²) in [6.45, 7) is 14.5. The van der Waals surface area contributed by atoms with E-state index in [0.717, 1.165) is 23.7 Å². The van der Waals surface area contributed by atoms with Gasteiger partial charge in [0.1, 0.15) is 0 Å². The van der Waals surface area contributed by atoms with Crippen LogP contribution in [-0.2, 0) is 24.2 Å². The number of rotatable bonds is 0. The van der Waals surface area contributed by atoms with Crippen molar-refractivity contribution in [3.63, 3.8) is 0 Å². The minimum atomic E-state index is 0. The fourth-order valence-corrected chi connectivity index (χ4v) is 7.85. The third kappa shape index (κ3) is 9.99. The molecule has 4 atom stereocenters. The summed E-state index contributed by atoms with van der Waals surface area (Å²) in [5, 5.41) is 0. The molecule has 0 bridgehead atoms. The van der Waals surface area contributed by atoms with Crippen LogP contribution in [0.1, 0.15) is 125 Å². The van der Waals surface area contributed by atoms with Gasteiger partial charge in [-0.15, -0.1) is 12.8 Å². The van der Waals surface area contributed by atoms with Gasteiger partial charge >= 0.3 is 59.5 Å². The molecule has 200 valence electrons. The van der Waals surface area contributed by atoms with Crippen molar-refractivity contribution >= 4 is 3.21 Å². The maximum atomic E-state index is 2.50. The van der Waals surface area contributed by atoms with Crippen molar-refractivity contribution in [2.24, 2.45) is 34.5 Å². The van der Waals surface area contributed by atoms with Crippen molar-refractivity contribution in [3.8, 4) is 0 Å². The summed E-state index contributed by atoms with van der Waals surface area (Å²) in [5.41, 5.74) is 4.41. The van der Waals surface area contributed by atoms with Gasteiger partial charge in [0.05, 0.1) is 0 Å². The first-order valence-corrected chi connectivity index (χ1v) is 15.5. The third-order valence-corrected chi connectivity index (χ3v) is 10.4. The molecule has 0 aromatic heterocycles. The molecule has 5 aliphatic carbocycles. The standard InChI is InChI=1S/2C13H21.C6H10.2ClH.Zr/c2*1-10-8-11-6-4-5-7-13(2,3)12(11)9-10;1-2-4-6-5-3-1;;;/h2*6,8,10,12H,4-5,7,9H2,1-3H3;1-5H2;2*1H;/q2*-1;;;;+2/p-2. The van der Waals surface area contributed by atoms with E-state index < -0.39 is 0 Å². The first kappa shape index (κ1) is 33.6. The molecule has 0 aliphatic heterocycles. The minimum absolute atomic E-state index is 0. The van der Waals surface area contributed by atoms with Crippen LogP contribution in [0.4, 0.5) is 0 Å². The molecular weight excluding hydrogens is 546 g/mol. The Morgan fingerprint density at radius 2 is 1.09 bits per heavy atom. The zero-order valence-corrected chi connectivity index (χ0v) is 27.5. The summed E-state index contributed by atoms with van der Waals surface area (Å²) in [6, 6.07) is 0. The second-order valence-electron chi connectivity index (χ2n) is 13.2. The molecule has 0 radical (unpaired) electrons. The first-order chi connectivity index (χ1) is 15.6. The van der Waals surface area contributed by atoms with Gasteiger partial charge in [0, 0.05) is 0 Å². The van der Waals surface area contributed by atoms with E-state index in [0.29, 0.717) is 10.8 Å². The number of halogens is 2. The fraction of sp³-hybridized carbons (Fsp3) is 0.781. The van der Waals surface area contributed by atoms with Gasteiger partial charge in [0.25, 0.3) is 0 Å². The van der Waals surface area contributed by atoms with Crippen molar-refractivity contribution in [2.45, 2.75) is 125 Å². The van der Waals surface area contributed by atoms with Crippen LogP contribution < -0.4 is 24.8 Å². The number of fused-ring (bicyclic) bond motifs is 2. The molecule has 4 unspecified atom stereocenters. The number of hydrogen-bond acceptors (Lipinski definition) is 0. The Balaban J connectivity index is 0.000000266. The Morgan fingerprint density at radius 3 is 1.43 bits per heavy atom. The van der Waals surface area contributed by atoms with Crippen molar-refractivity contribution in [2.75, 3.05) is 0 Å². The molecular formula is C32H52Cl2Zr-2. The predicted octanol–water partition coefficient (Wildman–Crippen LogP) is 3.64. The summed E-state index contributed by atoms with van der Waals surface area (Å²) in [6.07, 6.45) is 28.2. The maximum absolute atomic E-state index is 2.50. The van der Waals surface area contributed by atoms with Crippen molar-refractivity contribution < 1.29 is 49.0 Å². The van der Waals surface area contributed by atoms with E-state index in [1.165, 1.54) is 83.5 Å². The van der Waals surface area contributed by atoms with Gasteiger partial charge in [-0.1, -0.05) is 79.1 Å². The van der Waals surface area contributed by atoms with Gasteiger partial charge in [0.15, 0.2) is 0 Å². The van der Waals surface area contributed by atoms with Crippen LogP contribution in [0.2, 0.25) is 0 Å². The molecule has 3 heteroatoms. The Bertz CT molecular complexity index is 659. The SMILES string of the molecule is CC1[CH-]C2=CCCCC(C)(C)C2C1.CC1[CH-]C2=CCCCC(C)(C)C2C1.[Cl-].[Cl-].[Zr+2]=[C]1CCCCC1. The zero-order chi connectivity index (χ0) is 24.1. The summed E-state index contributed by atoms with van der Waals surface area (Å²) >= 11 is 1.69. The molecule has 0 saturated heterocycles. The van der Waals surface area contributed by atoms with E-state index in [9.17, 15) is 0 Å². The first-order valence-electron chi connectivity index (χ1n) is 14.2. The fourth-order valence-electron chi connectivity index (χ4n) is 6.98. The molecule has 5 rings (SSSR count). The molecule has 5 aliphatic rings. The second-order valence-corrected chi connectivity index (χ2v) is 14.9. The topological polar surface area (TPSA) is 0 Å². The molecule has 3 fully saturated rings. The van der Waals surface area contributed by atoms with Crippen LogP contribution in [-0.4, -0.2) is 3.21 Å².